The first-order chi connectivity index (χ1) is 16.4. The third-order valence-corrected chi connectivity index (χ3v) is 5.61. The summed E-state index contributed by atoms with van der Waals surface area (Å²) in [5.41, 5.74) is 2.51. The quantitative estimate of drug-likeness (QED) is 0.468. The summed E-state index contributed by atoms with van der Waals surface area (Å²) < 4.78 is 13.7. The molecule has 3 heterocycles. The maximum atomic E-state index is 13.7. The van der Waals surface area contributed by atoms with Crippen molar-refractivity contribution < 1.29 is 9.18 Å². The van der Waals surface area contributed by atoms with Gasteiger partial charge < -0.3 is 20.9 Å². The van der Waals surface area contributed by atoms with E-state index >= 15 is 0 Å². The van der Waals surface area contributed by atoms with Gasteiger partial charge >= 0.3 is 6.03 Å². The molecule has 0 saturated heterocycles. The van der Waals surface area contributed by atoms with Crippen LogP contribution in [-0.4, -0.2) is 50.0 Å². The zero-order valence-corrected chi connectivity index (χ0v) is 19.7. The maximum absolute atomic E-state index is 13.7. The summed E-state index contributed by atoms with van der Waals surface area (Å²) in [7, 11) is 0. The van der Waals surface area contributed by atoms with E-state index in [1.807, 2.05) is 20.0 Å². The molecule has 0 radical (unpaired) electrons. The third kappa shape index (κ3) is 5.88. The van der Waals surface area contributed by atoms with E-state index in [0.29, 0.717) is 37.0 Å². The second-order valence-corrected chi connectivity index (χ2v) is 8.67. The molecule has 1 aliphatic rings. The highest BCUT2D eigenvalue weighted by molar-refractivity contribution is 6.30. The number of fused-ring (bicyclic) bond motifs is 1. The van der Waals surface area contributed by atoms with E-state index in [1.165, 1.54) is 12.1 Å². The molecular formula is C23H26ClFN8O. The number of urea groups is 1. The van der Waals surface area contributed by atoms with E-state index in [0.717, 1.165) is 11.3 Å². The summed E-state index contributed by atoms with van der Waals surface area (Å²) in [6.45, 7) is 5.21. The monoisotopic (exact) mass is 484 g/mol. The van der Waals surface area contributed by atoms with Crippen molar-refractivity contribution >= 4 is 29.5 Å². The van der Waals surface area contributed by atoms with Gasteiger partial charge in [0.15, 0.2) is 0 Å². The Labute approximate surface area is 202 Å². The lowest BCUT2D eigenvalue weighted by atomic mass is 10.1. The Kier molecular flexibility index (Phi) is 7.36. The molecule has 2 amide bonds. The Morgan fingerprint density at radius 1 is 1.21 bits per heavy atom. The van der Waals surface area contributed by atoms with Crippen LogP contribution in [0.1, 0.15) is 36.7 Å². The zero-order chi connectivity index (χ0) is 24.1. The fourth-order valence-electron chi connectivity index (χ4n) is 3.61. The lowest BCUT2D eigenvalue weighted by Gasteiger charge is -2.30. The number of carbonyl (C=O) groups is 1. The molecule has 0 fully saturated rings. The van der Waals surface area contributed by atoms with E-state index in [-0.39, 0.29) is 23.6 Å². The van der Waals surface area contributed by atoms with Crippen molar-refractivity contribution in [2.24, 2.45) is 0 Å². The van der Waals surface area contributed by atoms with Crippen LogP contribution in [0.2, 0.25) is 5.02 Å². The van der Waals surface area contributed by atoms with Crippen LogP contribution < -0.4 is 16.0 Å². The van der Waals surface area contributed by atoms with Gasteiger partial charge in [-0.15, -0.1) is 0 Å². The van der Waals surface area contributed by atoms with Crippen molar-refractivity contribution in [1.82, 2.24) is 30.2 Å². The second kappa shape index (κ2) is 10.6. The average Bonchev–Trinajstić information content (AvgIpc) is 2.83. The van der Waals surface area contributed by atoms with Gasteiger partial charge in [0, 0.05) is 37.7 Å². The van der Waals surface area contributed by atoms with Gasteiger partial charge in [-0.25, -0.2) is 29.1 Å². The molecule has 178 valence electrons. The lowest BCUT2D eigenvalue weighted by molar-refractivity contribution is 0.187. The highest BCUT2D eigenvalue weighted by Crippen LogP contribution is 2.23. The number of aromatic nitrogens is 4. The molecule has 0 bridgehead atoms. The number of benzene rings is 1. The Morgan fingerprint density at radius 3 is 2.74 bits per heavy atom. The molecule has 4 rings (SSSR count). The summed E-state index contributed by atoms with van der Waals surface area (Å²) in [6, 6.07) is 5.55. The number of nitrogens with one attached hydrogen (secondary N) is 3. The molecule has 3 aromatic rings. The molecule has 2 aromatic heterocycles. The topological polar surface area (TPSA) is 108 Å². The molecule has 1 aliphatic heterocycles. The van der Waals surface area contributed by atoms with Crippen molar-refractivity contribution in [3.05, 3.63) is 70.5 Å². The molecule has 1 aromatic carbocycles. The molecule has 34 heavy (non-hydrogen) atoms. The molecule has 0 spiro atoms. The molecule has 9 nitrogen and oxygen atoms in total. The minimum Gasteiger partial charge on any atom is -0.352 e. The van der Waals surface area contributed by atoms with Crippen molar-refractivity contribution in [1.29, 1.82) is 0 Å². The highest BCUT2D eigenvalue weighted by atomic mass is 35.5. The van der Waals surface area contributed by atoms with E-state index < -0.39 is 11.9 Å². The summed E-state index contributed by atoms with van der Waals surface area (Å²) in [5.74, 6) is 0.443. The van der Waals surface area contributed by atoms with Gasteiger partial charge in [-0.1, -0.05) is 17.7 Å². The Balaban J connectivity index is 1.49. The van der Waals surface area contributed by atoms with Crippen molar-refractivity contribution in [3.63, 3.8) is 0 Å². The predicted octanol–water partition coefficient (Wildman–Crippen LogP) is 3.80. The summed E-state index contributed by atoms with van der Waals surface area (Å²) in [6.07, 6.45) is 5.71. The number of hydrogen-bond donors (Lipinski definition) is 3. The number of anilines is 2. The SMILES string of the molecule is CC(C)Nc1ncc2c(n1)CN(C(=O)N[C@H](CNc1ncccn1)c1ccc(F)c(Cl)c1)CC2. The number of halogens is 2. The summed E-state index contributed by atoms with van der Waals surface area (Å²) in [5, 5.41) is 9.31. The molecule has 1 atom stereocenters. The molecule has 0 aliphatic carbocycles. The largest absolute Gasteiger partial charge is 0.352 e. The molecule has 3 N–H and O–H groups in total. The Morgan fingerprint density at radius 2 is 2.00 bits per heavy atom. The van der Waals surface area contributed by atoms with Crippen LogP contribution in [0.25, 0.3) is 0 Å². The minimum atomic E-state index is -0.520. The van der Waals surface area contributed by atoms with Crippen LogP contribution in [0, 0.1) is 5.82 Å². The predicted molar refractivity (Wildman–Crippen MR) is 128 cm³/mol. The van der Waals surface area contributed by atoms with Crippen LogP contribution in [0.3, 0.4) is 0 Å². The molecular weight excluding hydrogens is 459 g/mol. The first-order valence-electron chi connectivity index (χ1n) is 11.0. The summed E-state index contributed by atoms with van der Waals surface area (Å²) in [4.78, 5) is 32.1. The second-order valence-electron chi connectivity index (χ2n) is 8.27. The van der Waals surface area contributed by atoms with Crippen molar-refractivity contribution in [3.8, 4) is 0 Å². The van der Waals surface area contributed by atoms with Crippen LogP contribution in [-0.2, 0) is 13.0 Å². The van der Waals surface area contributed by atoms with Crippen LogP contribution in [0.15, 0.2) is 42.9 Å². The maximum Gasteiger partial charge on any atom is 0.318 e. The van der Waals surface area contributed by atoms with Crippen LogP contribution in [0.4, 0.5) is 21.1 Å². The van der Waals surface area contributed by atoms with Crippen molar-refractivity contribution in [2.75, 3.05) is 23.7 Å². The number of nitrogens with zero attached hydrogens (tertiary/aromatic N) is 5. The zero-order valence-electron chi connectivity index (χ0n) is 18.9. The fraction of sp³-hybridized carbons (Fsp3) is 0.348. The van der Waals surface area contributed by atoms with Crippen molar-refractivity contribution in [2.45, 2.75) is 38.9 Å². The van der Waals surface area contributed by atoms with Crippen LogP contribution >= 0.6 is 11.6 Å². The third-order valence-electron chi connectivity index (χ3n) is 5.32. The van der Waals surface area contributed by atoms with Gasteiger partial charge in [0.2, 0.25) is 11.9 Å². The van der Waals surface area contributed by atoms with E-state index in [4.69, 9.17) is 11.6 Å². The Bertz CT molecular complexity index is 1150. The van der Waals surface area contributed by atoms with Gasteiger partial charge in [-0.2, -0.15) is 0 Å². The van der Waals surface area contributed by atoms with Gasteiger partial charge in [0.1, 0.15) is 5.82 Å². The highest BCUT2D eigenvalue weighted by Gasteiger charge is 2.25. The van der Waals surface area contributed by atoms with E-state index in [1.54, 1.807) is 29.4 Å². The standard InChI is InChI=1S/C23H26ClFN8O/c1-14(2)30-22-28-11-16-6-9-33(13-20(16)31-22)23(34)32-19(12-29-21-26-7-3-8-27-21)15-4-5-18(25)17(24)10-15/h3-5,7-8,10-11,14,19H,6,9,12-13H2,1-2H3,(H,32,34)(H,26,27,29)(H,28,30,31)/t19-/m1/s1. The smallest absolute Gasteiger partial charge is 0.318 e. The fourth-order valence-corrected chi connectivity index (χ4v) is 3.80. The van der Waals surface area contributed by atoms with E-state index in [9.17, 15) is 9.18 Å². The first kappa shape index (κ1) is 23.6. The van der Waals surface area contributed by atoms with Gasteiger partial charge in [-0.05, 0) is 49.6 Å². The first-order valence-corrected chi connectivity index (χ1v) is 11.4. The number of amides is 2. The molecule has 0 saturated carbocycles. The minimum absolute atomic E-state index is 0.0125. The summed E-state index contributed by atoms with van der Waals surface area (Å²) >= 11 is 6.00. The number of rotatable bonds is 7. The Hall–Kier alpha value is -3.53. The number of hydrogen-bond acceptors (Lipinski definition) is 7. The average molecular weight is 485 g/mol. The lowest BCUT2D eigenvalue weighted by Crippen LogP contribution is -2.45. The molecule has 0 unspecified atom stereocenters. The van der Waals surface area contributed by atoms with Gasteiger partial charge in [0.05, 0.1) is 23.3 Å². The van der Waals surface area contributed by atoms with Crippen LogP contribution in [0.5, 0.6) is 0 Å². The van der Waals surface area contributed by atoms with Gasteiger partial charge in [0.25, 0.3) is 0 Å². The van der Waals surface area contributed by atoms with Gasteiger partial charge in [-0.3, -0.25) is 0 Å². The number of carbonyl (C=O) groups excluding carboxylic acids is 1. The van der Waals surface area contributed by atoms with E-state index in [2.05, 4.69) is 35.9 Å². The molecule has 11 heteroatoms. The normalized spacial score (nSPS) is 13.9.